The number of rotatable bonds is 2. The van der Waals surface area contributed by atoms with Crippen molar-refractivity contribution in [3.8, 4) is 0 Å². The topological polar surface area (TPSA) is 117 Å². The second-order valence-corrected chi connectivity index (χ2v) is 6.90. The fourth-order valence-corrected chi connectivity index (χ4v) is 2.07. The summed E-state index contributed by atoms with van der Waals surface area (Å²) in [6.45, 7) is 10.5. The molecule has 0 saturated heterocycles. The first-order valence-electron chi connectivity index (χ1n) is 8.31. The average molecular weight is 430 g/mol. The number of aliphatic imine (C=N–C) groups is 2. The lowest BCUT2D eigenvalue weighted by Crippen LogP contribution is -2.38. The van der Waals surface area contributed by atoms with E-state index in [4.69, 9.17) is 28.9 Å². The van der Waals surface area contributed by atoms with Crippen LogP contribution in [0.5, 0.6) is 0 Å². The van der Waals surface area contributed by atoms with Gasteiger partial charge in [0.05, 0.1) is 10.0 Å². The number of anilines is 1. The lowest BCUT2D eigenvalue weighted by atomic mass is 10.2. The summed E-state index contributed by atoms with van der Waals surface area (Å²) in [6.07, 6.45) is 0. The Hall–Kier alpha value is -2.45. The fourth-order valence-electron chi connectivity index (χ4n) is 1.76. The number of hydrogen-bond donors (Lipinski definition) is 2. The second-order valence-electron chi connectivity index (χ2n) is 6.09. The van der Waals surface area contributed by atoms with Gasteiger partial charge < -0.3 is 11.1 Å². The zero-order valence-corrected chi connectivity index (χ0v) is 18.0. The maximum atomic E-state index is 11.1. The van der Waals surface area contributed by atoms with Crippen molar-refractivity contribution in [3.63, 3.8) is 0 Å². The van der Waals surface area contributed by atoms with Gasteiger partial charge in [-0.25, -0.2) is 4.99 Å². The zero-order chi connectivity index (χ0) is 22.0. The van der Waals surface area contributed by atoms with Gasteiger partial charge in [0.2, 0.25) is 11.9 Å². The Morgan fingerprint density at radius 3 is 2.07 bits per heavy atom. The standard InChI is InChI=1S/C7H9N3O2.C6H5Cl2N.C5H11NO/c1-4(2)10-6(12)5(11)9-7(10)8-3;7-5-2-1-4(9)3-6(5)8;1-4(2)5(7)6-3/h4H,3H2,1-2H3;1-3H,9H2;4H,1-3H3,(H,6,7). The smallest absolute Gasteiger partial charge is 0.338 e. The molecule has 0 aromatic heterocycles. The lowest BCUT2D eigenvalue weighted by Gasteiger charge is -2.17. The third-order valence-corrected chi connectivity index (χ3v) is 3.93. The SMILES string of the molecule is C=NC1=NC(=O)C(=O)N1C(C)C.CNC(=O)C(C)C.Nc1ccc(Cl)c(Cl)c1. The molecular weight excluding hydrogens is 405 g/mol. The number of hydrogen-bond acceptors (Lipinski definition) is 5. The van der Waals surface area contributed by atoms with Crippen molar-refractivity contribution in [2.24, 2.45) is 15.9 Å². The van der Waals surface area contributed by atoms with Crippen molar-refractivity contribution in [1.82, 2.24) is 10.2 Å². The molecule has 0 bridgehead atoms. The first-order valence-corrected chi connectivity index (χ1v) is 9.06. The number of nitrogen functional groups attached to an aromatic ring is 1. The zero-order valence-electron chi connectivity index (χ0n) is 16.5. The molecule has 0 atom stereocenters. The summed E-state index contributed by atoms with van der Waals surface area (Å²) in [5, 5.41) is 3.56. The van der Waals surface area contributed by atoms with Gasteiger partial charge in [0.15, 0.2) is 0 Å². The predicted octanol–water partition coefficient (Wildman–Crippen LogP) is 2.78. The normalized spacial score (nSPS) is 12.8. The molecular formula is C18H25Cl2N5O3. The van der Waals surface area contributed by atoms with Crippen LogP contribution in [0.15, 0.2) is 28.2 Å². The number of nitrogens with one attached hydrogen (secondary N) is 1. The Labute approximate surface area is 174 Å². The molecule has 154 valence electrons. The van der Waals surface area contributed by atoms with Crippen molar-refractivity contribution in [2.45, 2.75) is 33.7 Å². The number of benzene rings is 1. The van der Waals surface area contributed by atoms with Crippen LogP contribution in [0.3, 0.4) is 0 Å². The molecule has 0 unspecified atom stereocenters. The minimum absolute atomic E-state index is 0.0972. The summed E-state index contributed by atoms with van der Waals surface area (Å²) in [6, 6.07) is 4.87. The van der Waals surface area contributed by atoms with E-state index >= 15 is 0 Å². The monoisotopic (exact) mass is 429 g/mol. The third kappa shape index (κ3) is 8.06. The molecule has 0 spiro atoms. The van der Waals surface area contributed by atoms with E-state index in [0.29, 0.717) is 15.7 Å². The van der Waals surface area contributed by atoms with E-state index in [0.717, 1.165) is 0 Å². The number of guanidine groups is 1. The van der Waals surface area contributed by atoms with Gasteiger partial charge in [0.1, 0.15) is 0 Å². The van der Waals surface area contributed by atoms with E-state index in [9.17, 15) is 14.4 Å². The van der Waals surface area contributed by atoms with E-state index < -0.39 is 11.8 Å². The summed E-state index contributed by atoms with van der Waals surface area (Å²) in [7, 11) is 1.64. The van der Waals surface area contributed by atoms with Crippen LogP contribution in [0.4, 0.5) is 5.69 Å². The first kappa shape index (κ1) is 25.6. The fraction of sp³-hybridized carbons (Fsp3) is 0.389. The Balaban J connectivity index is 0.000000408. The molecule has 28 heavy (non-hydrogen) atoms. The molecule has 1 aromatic carbocycles. The summed E-state index contributed by atoms with van der Waals surface area (Å²) in [5.74, 6) is -1.09. The van der Waals surface area contributed by atoms with Gasteiger partial charge in [-0.15, -0.1) is 0 Å². The first-order chi connectivity index (χ1) is 13.0. The summed E-state index contributed by atoms with van der Waals surface area (Å²) in [5.41, 5.74) is 6.01. The van der Waals surface area contributed by atoms with E-state index in [1.165, 1.54) is 4.90 Å². The summed E-state index contributed by atoms with van der Waals surface area (Å²) in [4.78, 5) is 40.4. The van der Waals surface area contributed by atoms with Crippen LogP contribution in [0, 0.1) is 5.92 Å². The number of halogens is 2. The van der Waals surface area contributed by atoms with Gasteiger partial charge in [-0.05, 0) is 38.8 Å². The maximum absolute atomic E-state index is 11.1. The molecule has 0 fully saturated rings. The van der Waals surface area contributed by atoms with Gasteiger partial charge in [-0.1, -0.05) is 37.0 Å². The largest absolute Gasteiger partial charge is 0.399 e. The quantitative estimate of drug-likeness (QED) is 0.426. The molecule has 0 saturated carbocycles. The second kappa shape index (κ2) is 12.1. The molecule has 0 radical (unpaired) electrons. The summed E-state index contributed by atoms with van der Waals surface area (Å²) >= 11 is 11.2. The Morgan fingerprint density at radius 1 is 1.21 bits per heavy atom. The van der Waals surface area contributed by atoms with Gasteiger partial charge >= 0.3 is 11.8 Å². The minimum atomic E-state index is -0.772. The van der Waals surface area contributed by atoms with E-state index in [1.54, 1.807) is 39.1 Å². The van der Waals surface area contributed by atoms with Crippen molar-refractivity contribution in [3.05, 3.63) is 28.2 Å². The van der Waals surface area contributed by atoms with Crippen LogP contribution in [0.1, 0.15) is 27.7 Å². The highest BCUT2D eigenvalue weighted by molar-refractivity contribution is 6.44. The lowest BCUT2D eigenvalue weighted by molar-refractivity contribution is -0.140. The van der Waals surface area contributed by atoms with E-state index in [-0.39, 0.29) is 23.8 Å². The van der Waals surface area contributed by atoms with Crippen LogP contribution in [-0.4, -0.2) is 48.4 Å². The molecule has 1 aromatic rings. The highest BCUT2D eigenvalue weighted by Crippen LogP contribution is 2.23. The van der Waals surface area contributed by atoms with Crippen molar-refractivity contribution < 1.29 is 14.4 Å². The van der Waals surface area contributed by atoms with Crippen LogP contribution in [0.25, 0.3) is 0 Å². The maximum Gasteiger partial charge on any atom is 0.338 e. The minimum Gasteiger partial charge on any atom is -0.399 e. The van der Waals surface area contributed by atoms with Gasteiger partial charge in [-0.3, -0.25) is 19.3 Å². The molecule has 3 N–H and O–H groups in total. The summed E-state index contributed by atoms with van der Waals surface area (Å²) < 4.78 is 0. The van der Waals surface area contributed by atoms with Crippen LogP contribution >= 0.6 is 23.2 Å². The molecule has 3 amide bonds. The number of amides is 3. The highest BCUT2D eigenvalue weighted by Gasteiger charge is 2.34. The Bertz CT molecular complexity index is 764. The molecule has 2 rings (SSSR count). The predicted molar refractivity (Wildman–Crippen MR) is 114 cm³/mol. The van der Waals surface area contributed by atoms with E-state index in [2.05, 4.69) is 22.0 Å². The number of nitrogens with two attached hydrogens (primary N) is 1. The van der Waals surface area contributed by atoms with Gasteiger partial charge in [-0.2, -0.15) is 4.99 Å². The Kier molecular flexibility index (Phi) is 11.0. The number of nitrogens with zero attached hydrogens (tertiary/aromatic N) is 3. The van der Waals surface area contributed by atoms with Crippen LogP contribution < -0.4 is 11.1 Å². The number of carbonyl (C=O) groups is 3. The molecule has 1 aliphatic heterocycles. The van der Waals surface area contributed by atoms with Gasteiger partial charge in [0, 0.05) is 24.7 Å². The molecule has 0 aliphatic carbocycles. The third-order valence-electron chi connectivity index (χ3n) is 3.19. The van der Waals surface area contributed by atoms with Crippen LogP contribution in [0.2, 0.25) is 10.0 Å². The Morgan fingerprint density at radius 2 is 1.79 bits per heavy atom. The van der Waals surface area contributed by atoms with Crippen molar-refractivity contribution in [2.75, 3.05) is 12.8 Å². The van der Waals surface area contributed by atoms with E-state index in [1.807, 2.05) is 13.8 Å². The molecule has 1 heterocycles. The van der Waals surface area contributed by atoms with Crippen molar-refractivity contribution in [1.29, 1.82) is 0 Å². The molecule has 8 nitrogen and oxygen atoms in total. The van der Waals surface area contributed by atoms with Crippen LogP contribution in [-0.2, 0) is 14.4 Å². The average Bonchev–Trinajstić information content (AvgIpc) is 2.93. The molecule has 1 aliphatic rings. The van der Waals surface area contributed by atoms with Crippen molar-refractivity contribution >= 4 is 59.3 Å². The number of carbonyl (C=O) groups excluding carboxylic acids is 3. The highest BCUT2D eigenvalue weighted by atomic mass is 35.5. The molecule has 10 heteroatoms. The van der Waals surface area contributed by atoms with Gasteiger partial charge in [0.25, 0.3) is 0 Å².